The van der Waals surface area contributed by atoms with Crippen LogP contribution in [0.4, 0.5) is 22.9 Å². The first kappa shape index (κ1) is 20.2. The number of rotatable bonds is 6. The number of allylic oxidation sites excluding steroid dienone is 2. The minimum absolute atomic E-state index is 0.263. The van der Waals surface area contributed by atoms with Crippen LogP contribution in [0.2, 0.25) is 0 Å². The van der Waals surface area contributed by atoms with Gasteiger partial charge in [0.2, 0.25) is 0 Å². The topological polar surface area (TPSA) is 110 Å². The number of thioether (sulfide) groups is 1. The molecule has 154 valence electrons. The third-order valence-electron chi connectivity index (χ3n) is 4.11. The number of furan rings is 1. The van der Waals surface area contributed by atoms with Crippen molar-refractivity contribution in [3.05, 3.63) is 99.7 Å². The largest absolute Gasteiger partial charge is 0.433 e. The van der Waals surface area contributed by atoms with Gasteiger partial charge < -0.3 is 15.1 Å². The van der Waals surface area contributed by atoms with Crippen LogP contribution in [0.1, 0.15) is 5.76 Å². The van der Waals surface area contributed by atoms with Gasteiger partial charge >= 0.3 is 5.88 Å². The maximum Gasteiger partial charge on any atom is 0.433 e. The number of carbonyl (C=O) groups excluding carboxylic acids is 1. The van der Waals surface area contributed by atoms with E-state index in [2.05, 4.69) is 15.6 Å². The van der Waals surface area contributed by atoms with Crippen molar-refractivity contribution in [3.63, 3.8) is 0 Å². The highest BCUT2D eigenvalue weighted by molar-refractivity contribution is 8.18. The predicted octanol–water partition coefficient (Wildman–Crippen LogP) is 5.38. The van der Waals surface area contributed by atoms with Gasteiger partial charge in [-0.2, -0.15) is 0 Å². The van der Waals surface area contributed by atoms with E-state index in [4.69, 9.17) is 4.42 Å². The summed E-state index contributed by atoms with van der Waals surface area (Å²) in [6.45, 7) is 0. The molecule has 31 heavy (non-hydrogen) atoms. The van der Waals surface area contributed by atoms with Crippen LogP contribution in [-0.4, -0.2) is 16.0 Å². The first-order valence-corrected chi connectivity index (χ1v) is 10.0. The summed E-state index contributed by atoms with van der Waals surface area (Å²) in [5, 5.41) is 17.1. The number of aliphatic imine (C=N–C) groups is 1. The summed E-state index contributed by atoms with van der Waals surface area (Å²) in [6.07, 6.45) is 4.74. The molecule has 2 N–H and O–H groups in total. The van der Waals surface area contributed by atoms with Crippen molar-refractivity contribution in [2.45, 2.75) is 0 Å². The number of nitrogens with one attached hydrogen (secondary N) is 2. The molecule has 3 aromatic rings. The zero-order valence-corrected chi connectivity index (χ0v) is 16.8. The Morgan fingerprint density at radius 3 is 2.48 bits per heavy atom. The summed E-state index contributed by atoms with van der Waals surface area (Å²) in [5.74, 6) is -0.272. The van der Waals surface area contributed by atoms with Crippen LogP contribution >= 0.6 is 11.8 Å². The molecule has 1 aliphatic rings. The van der Waals surface area contributed by atoms with E-state index >= 15 is 0 Å². The maximum atomic E-state index is 12.1. The molecule has 1 amide bonds. The van der Waals surface area contributed by atoms with Gasteiger partial charge in [-0.15, -0.1) is 0 Å². The third kappa shape index (κ3) is 5.28. The van der Waals surface area contributed by atoms with Gasteiger partial charge in [-0.3, -0.25) is 14.9 Å². The molecule has 1 aromatic heterocycles. The quantitative estimate of drug-likeness (QED) is 0.307. The van der Waals surface area contributed by atoms with Gasteiger partial charge in [0.15, 0.2) is 5.17 Å². The lowest BCUT2D eigenvalue weighted by Gasteiger charge is -2.06. The number of para-hydroxylation sites is 1. The van der Waals surface area contributed by atoms with Crippen molar-refractivity contribution < 1.29 is 14.1 Å². The number of nitro groups is 1. The molecule has 0 spiro atoms. The van der Waals surface area contributed by atoms with E-state index in [1.165, 1.54) is 23.9 Å². The molecular formula is C22H16N4O4S. The monoisotopic (exact) mass is 432 g/mol. The molecule has 4 rings (SSSR count). The highest BCUT2D eigenvalue weighted by Crippen LogP contribution is 2.27. The highest BCUT2D eigenvalue weighted by atomic mass is 32.2. The van der Waals surface area contributed by atoms with E-state index in [0.717, 1.165) is 11.4 Å². The molecule has 1 fully saturated rings. The van der Waals surface area contributed by atoms with E-state index < -0.39 is 4.92 Å². The smallest absolute Gasteiger partial charge is 0.401 e. The van der Waals surface area contributed by atoms with Crippen LogP contribution < -0.4 is 10.6 Å². The predicted molar refractivity (Wildman–Crippen MR) is 121 cm³/mol. The molecule has 2 aromatic carbocycles. The van der Waals surface area contributed by atoms with Gasteiger partial charge in [0.25, 0.3) is 5.91 Å². The fourth-order valence-electron chi connectivity index (χ4n) is 2.68. The van der Waals surface area contributed by atoms with Gasteiger partial charge in [0.1, 0.15) is 10.7 Å². The van der Waals surface area contributed by atoms with E-state index in [0.29, 0.717) is 21.5 Å². The molecular weight excluding hydrogens is 416 g/mol. The normalized spacial score (nSPS) is 16.2. The van der Waals surface area contributed by atoms with Crippen molar-refractivity contribution in [1.29, 1.82) is 0 Å². The van der Waals surface area contributed by atoms with Gasteiger partial charge in [0, 0.05) is 11.4 Å². The summed E-state index contributed by atoms with van der Waals surface area (Å²) >= 11 is 1.21. The van der Waals surface area contributed by atoms with Crippen molar-refractivity contribution in [1.82, 2.24) is 5.32 Å². The van der Waals surface area contributed by atoms with Crippen LogP contribution in [0.15, 0.2) is 93.2 Å². The summed E-state index contributed by atoms with van der Waals surface area (Å²) < 4.78 is 5.03. The fraction of sp³-hybridized carbons (Fsp3) is 0. The first-order chi connectivity index (χ1) is 15.1. The second kappa shape index (κ2) is 9.14. The number of amidine groups is 1. The van der Waals surface area contributed by atoms with Gasteiger partial charge in [-0.25, -0.2) is 4.99 Å². The third-order valence-corrected chi connectivity index (χ3v) is 5.04. The minimum atomic E-state index is -0.608. The molecule has 1 aliphatic heterocycles. The van der Waals surface area contributed by atoms with Crippen molar-refractivity contribution >= 4 is 51.9 Å². The van der Waals surface area contributed by atoms with Crippen LogP contribution in [0.5, 0.6) is 0 Å². The zero-order valence-electron chi connectivity index (χ0n) is 16.0. The van der Waals surface area contributed by atoms with Gasteiger partial charge in [-0.1, -0.05) is 24.3 Å². The van der Waals surface area contributed by atoms with E-state index in [9.17, 15) is 14.9 Å². The molecule has 0 bridgehead atoms. The lowest BCUT2D eigenvalue weighted by Crippen LogP contribution is -2.19. The van der Waals surface area contributed by atoms with Crippen molar-refractivity contribution in [3.8, 4) is 0 Å². The number of amides is 1. The number of hydrogen-bond donors (Lipinski definition) is 2. The van der Waals surface area contributed by atoms with Crippen LogP contribution in [0.25, 0.3) is 6.08 Å². The summed E-state index contributed by atoms with van der Waals surface area (Å²) in [5.41, 5.74) is 2.63. The molecule has 0 atom stereocenters. The Labute approximate surface area is 181 Å². The Hall–Kier alpha value is -4.11. The molecule has 9 heteroatoms. The van der Waals surface area contributed by atoms with Crippen LogP contribution in [0, 0.1) is 10.1 Å². The number of nitrogens with zero attached hydrogens (tertiary/aromatic N) is 2. The van der Waals surface area contributed by atoms with Crippen LogP contribution in [-0.2, 0) is 4.79 Å². The highest BCUT2D eigenvalue weighted by Gasteiger charge is 2.23. The minimum Gasteiger partial charge on any atom is -0.401 e. The zero-order chi connectivity index (χ0) is 21.6. The average molecular weight is 432 g/mol. The van der Waals surface area contributed by atoms with E-state index in [1.54, 1.807) is 18.2 Å². The average Bonchev–Trinajstić information content (AvgIpc) is 3.37. The Morgan fingerprint density at radius 2 is 1.77 bits per heavy atom. The number of carbonyl (C=O) groups is 1. The Morgan fingerprint density at radius 1 is 1.03 bits per heavy atom. The first-order valence-electron chi connectivity index (χ1n) is 9.19. The lowest BCUT2D eigenvalue weighted by atomic mass is 10.2. The Balaban J connectivity index is 1.39. The number of benzene rings is 2. The molecule has 8 nitrogen and oxygen atoms in total. The van der Waals surface area contributed by atoms with Crippen molar-refractivity contribution in [2.75, 3.05) is 5.32 Å². The second-order valence-electron chi connectivity index (χ2n) is 6.33. The van der Waals surface area contributed by atoms with Crippen molar-refractivity contribution in [2.24, 2.45) is 4.99 Å². The number of hydrogen-bond acceptors (Lipinski definition) is 7. The summed E-state index contributed by atoms with van der Waals surface area (Å²) in [6, 6.07) is 20.1. The Bertz CT molecular complexity index is 1200. The van der Waals surface area contributed by atoms with E-state index in [-0.39, 0.29) is 11.8 Å². The number of anilines is 2. The Kier molecular flexibility index (Phi) is 5.95. The fourth-order valence-corrected chi connectivity index (χ4v) is 3.47. The summed E-state index contributed by atoms with van der Waals surface area (Å²) in [7, 11) is 0. The van der Waals surface area contributed by atoms with E-state index in [1.807, 2.05) is 54.6 Å². The van der Waals surface area contributed by atoms with Gasteiger partial charge in [0.05, 0.1) is 16.7 Å². The van der Waals surface area contributed by atoms with Gasteiger partial charge in [-0.05, 0) is 66.4 Å². The molecule has 0 radical (unpaired) electrons. The molecule has 0 unspecified atom stereocenters. The molecule has 0 saturated carbocycles. The van der Waals surface area contributed by atoms with Crippen LogP contribution in [0.3, 0.4) is 0 Å². The molecule has 1 saturated heterocycles. The standard InChI is InChI=1S/C22H16N4O4S/c27-21-19(8-4-7-18-13-14-20(30-18)26(28)29)31-22(25-21)24-17-11-9-16(10-12-17)23-15-5-2-1-3-6-15/h1-14,23H,(H,24,25,27)/b7-4+,19-8-. The second-order valence-corrected chi connectivity index (χ2v) is 7.36. The lowest BCUT2D eigenvalue weighted by molar-refractivity contribution is -0.402. The molecule has 0 aliphatic carbocycles. The summed E-state index contributed by atoms with van der Waals surface area (Å²) in [4.78, 5) is 27.1. The maximum absolute atomic E-state index is 12.1. The SMILES string of the molecule is O=C1NC(=Nc2ccc(Nc3ccccc3)cc2)S/C1=C\C=C\c1ccc([N+](=O)[O-])o1. The molecule has 2 heterocycles.